The predicted octanol–water partition coefficient (Wildman–Crippen LogP) is 5.03. The Bertz CT molecular complexity index is 542. The Balaban J connectivity index is 1.77. The average Bonchev–Trinajstić information content (AvgIpc) is 2.51. The van der Waals surface area contributed by atoms with Gasteiger partial charge < -0.3 is 10.1 Å². The van der Waals surface area contributed by atoms with Crippen LogP contribution in [0, 0.1) is 0 Å². The van der Waals surface area contributed by atoms with Gasteiger partial charge >= 0.3 is 0 Å². The zero-order valence-electron chi connectivity index (χ0n) is 12.4. The van der Waals surface area contributed by atoms with Gasteiger partial charge in [-0.2, -0.15) is 0 Å². The molecule has 0 aliphatic rings. The first-order valence-corrected chi connectivity index (χ1v) is 8.14. The fourth-order valence-electron chi connectivity index (χ4n) is 2.34. The SMILES string of the molecule is COCc1c(Br)cccc1NCCCCc1ccccc1. The van der Waals surface area contributed by atoms with Gasteiger partial charge in [0, 0.05) is 29.4 Å². The molecule has 0 spiro atoms. The van der Waals surface area contributed by atoms with E-state index in [1.165, 1.54) is 17.5 Å². The molecule has 0 radical (unpaired) electrons. The molecule has 3 heteroatoms. The lowest BCUT2D eigenvalue weighted by atomic mass is 10.1. The van der Waals surface area contributed by atoms with Crippen molar-refractivity contribution in [1.29, 1.82) is 0 Å². The van der Waals surface area contributed by atoms with Gasteiger partial charge in [0.2, 0.25) is 0 Å². The summed E-state index contributed by atoms with van der Waals surface area (Å²) in [6.07, 6.45) is 3.50. The van der Waals surface area contributed by atoms with Crippen molar-refractivity contribution in [2.45, 2.75) is 25.9 Å². The number of unbranched alkanes of at least 4 members (excludes halogenated alkanes) is 1. The van der Waals surface area contributed by atoms with Gasteiger partial charge in [0.15, 0.2) is 0 Å². The number of rotatable bonds is 8. The summed E-state index contributed by atoms with van der Waals surface area (Å²) >= 11 is 3.58. The molecule has 21 heavy (non-hydrogen) atoms. The highest BCUT2D eigenvalue weighted by atomic mass is 79.9. The number of anilines is 1. The molecule has 1 N–H and O–H groups in total. The third-order valence-electron chi connectivity index (χ3n) is 3.46. The lowest BCUT2D eigenvalue weighted by Gasteiger charge is -2.13. The van der Waals surface area contributed by atoms with Crippen LogP contribution in [0.2, 0.25) is 0 Å². The van der Waals surface area contributed by atoms with Gasteiger partial charge in [-0.15, -0.1) is 0 Å². The predicted molar refractivity (Wildman–Crippen MR) is 92.7 cm³/mol. The third kappa shape index (κ3) is 5.18. The van der Waals surface area contributed by atoms with Crippen molar-refractivity contribution in [2.24, 2.45) is 0 Å². The van der Waals surface area contributed by atoms with Crippen molar-refractivity contribution in [1.82, 2.24) is 0 Å². The fourth-order valence-corrected chi connectivity index (χ4v) is 2.82. The van der Waals surface area contributed by atoms with Crippen LogP contribution in [0.15, 0.2) is 53.0 Å². The molecule has 0 fully saturated rings. The largest absolute Gasteiger partial charge is 0.385 e. The van der Waals surface area contributed by atoms with Crippen molar-refractivity contribution in [3.05, 3.63) is 64.1 Å². The summed E-state index contributed by atoms with van der Waals surface area (Å²) in [4.78, 5) is 0. The van der Waals surface area contributed by atoms with Crippen LogP contribution < -0.4 is 5.32 Å². The molecule has 0 amide bonds. The molecule has 0 aliphatic heterocycles. The standard InChI is InChI=1S/C18H22BrNO/c1-21-14-16-17(19)11-7-12-18(16)20-13-6-5-10-15-8-3-2-4-9-15/h2-4,7-9,11-12,20H,5-6,10,13-14H2,1H3. The molecule has 0 heterocycles. The van der Waals surface area contributed by atoms with Gasteiger partial charge in [-0.1, -0.05) is 52.3 Å². The van der Waals surface area contributed by atoms with Crippen LogP contribution >= 0.6 is 15.9 Å². The molecular weight excluding hydrogens is 326 g/mol. The number of hydrogen-bond acceptors (Lipinski definition) is 2. The molecule has 0 bridgehead atoms. The maximum atomic E-state index is 5.26. The van der Waals surface area contributed by atoms with Gasteiger partial charge in [0.25, 0.3) is 0 Å². The second kappa shape index (κ2) is 8.85. The van der Waals surface area contributed by atoms with E-state index in [0.717, 1.165) is 29.5 Å². The van der Waals surface area contributed by atoms with E-state index in [9.17, 15) is 0 Å². The summed E-state index contributed by atoms with van der Waals surface area (Å²) in [5.74, 6) is 0. The molecule has 0 saturated carbocycles. The molecule has 0 atom stereocenters. The summed E-state index contributed by atoms with van der Waals surface area (Å²) in [6, 6.07) is 16.9. The summed E-state index contributed by atoms with van der Waals surface area (Å²) in [5, 5.41) is 3.52. The first-order chi connectivity index (χ1) is 10.3. The maximum absolute atomic E-state index is 5.26. The first kappa shape index (κ1) is 16.1. The molecule has 112 valence electrons. The molecule has 0 saturated heterocycles. The molecule has 2 rings (SSSR count). The quantitative estimate of drug-likeness (QED) is 0.676. The second-order valence-corrected chi connectivity index (χ2v) is 5.92. The molecule has 2 nitrogen and oxygen atoms in total. The van der Waals surface area contributed by atoms with Crippen LogP contribution in [0.1, 0.15) is 24.0 Å². The number of nitrogens with one attached hydrogen (secondary N) is 1. The Morgan fingerprint density at radius 2 is 1.81 bits per heavy atom. The number of hydrogen-bond donors (Lipinski definition) is 1. The van der Waals surface area contributed by atoms with Gasteiger partial charge in [-0.25, -0.2) is 0 Å². The van der Waals surface area contributed by atoms with E-state index < -0.39 is 0 Å². The molecule has 0 unspecified atom stereocenters. The summed E-state index contributed by atoms with van der Waals surface area (Å²) in [5.41, 5.74) is 3.76. The van der Waals surface area contributed by atoms with Gasteiger partial charge in [-0.05, 0) is 37.0 Å². The summed E-state index contributed by atoms with van der Waals surface area (Å²) < 4.78 is 6.36. The molecule has 2 aromatic carbocycles. The highest BCUT2D eigenvalue weighted by Gasteiger charge is 2.05. The molecule has 0 aliphatic carbocycles. The lowest BCUT2D eigenvalue weighted by molar-refractivity contribution is 0.185. The minimum Gasteiger partial charge on any atom is -0.385 e. The second-order valence-electron chi connectivity index (χ2n) is 5.07. The van der Waals surface area contributed by atoms with Crippen LogP contribution in [0.5, 0.6) is 0 Å². The van der Waals surface area contributed by atoms with Crippen molar-refractivity contribution in [3.63, 3.8) is 0 Å². The Kier molecular flexibility index (Phi) is 6.77. The van der Waals surface area contributed by atoms with Crippen molar-refractivity contribution in [3.8, 4) is 0 Å². The Morgan fingerprint density at radius 3 is 2.57 bits per heavy atom. The third-order valence-corrected chi connectivity index (χ3v) is 4.20. The van der Waals surface area contributed by atoms with Gasteiger partial charge in [0.1, 0.15) is 0 Å². The normalized spacial score (nSPS) is 10.6. The minimum absolute atomic E-state index is 0.619. The van der Waals surface area contributed by atoms with Crippen LogP contribution in [0.25, 0.3) is 0 Å². The van der Waals surface area contributed by atoms with Crippen LogP contribution in [-0.2, 0) is 17.8 Å². The fraction of sp³-hybridized carbons (Fsp3) is 0.333. The van der Waals surface area contributed by atoms with Crippen molar-refractivity contribution < 1.29 is 4.74 Å². The summed E-state index contributed by atoms with van der Waals surface area (Å²) in [6.45, 7) is 1.60. The molecule has 0 aromatic heterocycles. The zero-order valence-corrected chi connectivity index (χ0v) is 14.0. The average molecular weight is 348 g/mol. The highest BCUT2D eigenvalue weighted by Crippen LogP contribution is 2.25. The van der Waals surface area contributed by atoms with Gasteiger partial charge in [0.05, 0.1) is 6.61 Å². The van der Waals surface area contributed by atoms with E-state index in [0.29, 0.717) is 6.61 Å². The smallest absolute Gasteiger partial charge is 0.0744 e. The minimum atomic E-state index is 0.619. The number of benzene rings is 2. The van der Waals surface area contributed by atoms with Crippen LogP contribution in [0.4, 0.5) is 5.69 Å². The number of ether oxygens (including phenoxy) is 1. The highest BCUT2D eigenvalue weighted by molar-refractivity contribution is 9.10. The van der Waals surface area contributed by atoms with Gasteiger partial charge in [-0.3, -0.25) is 0 Å². The maximum Gasteiger partial charge on any atom is 0.0744 e. The Hall–Kier alpha value is -1.32. The summed E-state index contributed by atoms with van der Waals surface area (Å²) in [7, 11) is 1.73. The van der Waals surface area contributed by atoms with Crippen molar-refractivity contribution in [2.75, 3.05) is 19.0 Å². The number of aryl methyl sites for hydroxylation is 1. The van der Waals surface area contributed by atoms with Crippen molar-refractivity contribution >= 4 is 21.6 Å². The van der Waals surface area contributed by atoms with E-state index >= 15 is 0 Å². The Morgan fingerprint density at radius 1 is 1.00 bits per heavy atom. The van der Waals surface area contributed by atoms with E-state index in [2.05, 4.69) is 69.8 Å². The number of methoxy groups -OCH3 is 1. The lowest BCUT2D eigenvalue weighted by Crippen LogP contribution is -2.05. The molecule has 2 aromatic rings. The van der Waals surface area contributed by atoms with E-state index in [1.54, 1.807) is 7.11 Å². The van der Waals surface area contributed by atoms with E-state index in [-0.39, 0.29) is 0 Å². The zero-order chi connectivity index (χ0) is 14.9. The Labute approximate surface area is 135 Å². The van der Waals surface area contributed by atoms with E-state index in [1.807, 2.05) is 0 Å². The van der Waals surface area contributed by atoms with Crippen LogP contribution in [0.3, 0.4) is 0 Å². The first-order valence-electron chi connectivity index (χ1n) is 7.35. The monoisotopic (exact) mass is 347 g/mol. The number of halogens is 1. The van der Waals surface area contributed by atoms with E-state index in [4.69, 9.17) is 4.74 Å². The van der Waals surface area contributed by atoms with Crippen LogP contribution in [-0.4, -0.2) is 13.7 Å². The molecular formula is C18H22BrNO. The topological polar surface area (TPSA) is 21.3 Å².